The van der Waals surface area contributed by atoms with Gasteiger partial charge in [0.1, 0.15) is 0 Å². The summed E-state index contributed by atoms with van der Waals surface area (Å²) in [4.78, 5) is 17.2. The fourth-order valence-corrected chi connectivity index (χ4v) is 3.85. The van der Waals surface area contributed by atoms with E-state index in [9.17, 15) is 13.2 Å². The summed E-state index contributed by atoms with van der Waals surface area (Å²) in [5, 5.41) is 3.72. The van der Waals surface area contributed by atoms with Crippen LogP contribution in [0.25, 0.3) is 0 Å². The van der Waals surface area contributed by atoms with E-state index in [0.717, 1.165) is 4.47 Å². The van der Waals surface area contributed by atoms with Crippen LogP contribution in [0.2, 0.25) is 10.0 Å². The van der Waals surface area contributed by atoms with Crippen LogP contribution >= 0.6 is 23.2 Å². The molecule has 0 saturated heterocycles. The van der Waals surface area contributed by atoms with Gasteiger partial charge >= 0.3 is 0 Å². The molecule has 0 radical (unpaired) electrons. The molecule has 2 rings (SSSR count). The van der Waals surface area contributed by atoms with Gasteiger partial charge in [-0.1, -0.05) is 39.8 Å². The Hall–Kier alpha value is -1.64. The van der Waals surface area contributed by atoms with Crippen LogP contribution in [0.4, 0.5) is 0 Å². The summed E-state index contributed by atoms with van der Waals surface area (Å²) in [6.45, 7) is 1.77. The maximum atomic E-state index is 12.5. The zero-order chi connectivity index (χ0) is 19.5. The molecule has 9 heteroatoms. The molecule has 6 nitrogen and oxygen atoms in total. The third-order valence-electron chi connectivity index (χ3n) is 3.77. The molecular formula is C17H18Cl2N2O4S. The first-order valence-electron chi connectivity index (χ1n) is 7.55. The molecule has 0 fully saturated rings. The van der Waals surface area contributed by atoms with E-state index in [-0.39, 0.29) is 10.5 Å². The van der Waals surface area contributed by atoms with E-state index >= 15 is 0 Å². The predicted molar refractivity (Wildman–Crippen MR) is 101 cm³/mol. The van der Waals surface area contributed by atoms with Crippen LogP contribution in [0.3, 0.4) is 0 Å². The number of nitrogens with zero attached hydrogens (tertiary/aromatic N) is 1. The summed E-state index contributed by atoms with van der Waals surface area (Å²) in [5.74, 6) is -0.430. The van der Waals surface area contributed by atoms with Crippen LogP contribution < -0.4 is 5.32 Å². The molecule has 0 spiro atoms. The molecule has 0 unspecified atom stereocenters. The highest BCUT2D eigenvalue weighted by Gasteiger charge is 2.22. The van der Waals surface area contributed by atoms with Crippen LogP contribution in [0.5, 0.6) is 0 Å². The second-order valence-corrected chi connectivity index (χ2v) is 8.27. The van der Waals surface area contributed by atoms with Gasteiger partial charge in [-0.05, 0) is 42.8 Å². The molecule has 26 heavy (non-hydrogen) atoms. The first-order chi connectivity index (χ1) is 12.2. The van der Waals surface area contributed by atoms with Crippen LogP contribution in [0.15, 0.2) is 47.4 Å². The number of sulfonamides is 1. The Morgan fingerprint density at radius 1 is 1.19 bits per heavy atom. The lowest BCUT2D eigenvalue weighted by atomic mass is 10.1. The molecule has 1 N–H and O–H groups in total. The van der Waals surface area contributed by atoms with Crippen molar-refractivity contribution in [2.45, 2.75) is 17.9 Å². The summed E-state index contributed by atoms with van der Waals surface area (Å²) >= 11 is 12.0. The molecule has 1 atom stereocenters. The van der Waals surface area contributed by atoms with Crippen molar-refractivity contribution in [2.24, 2.45) is 0 Å². The number of hydrogen-bond donors (Lipinski definition) is 1. The third-order valence-corrected chi connectivity index (χ3v) is 6.00. The fraction of sp³-hybridized carbons (Fsp3) is 0.235. The number of hydrogen-bond acceptors (Lipinski definition) is 4. The van der Waals surface area contributed by atoms with Gasteiger partial charge in [0.05, 0.1) is 18.0 Å². The molecule has 0 bridgehead atoms. The number of halogens is 2. The van der Waals surface area contributed by atoms with E-state index in [1.165, 1.54) is 38.4 Å². The summed E-state index contributed by atoms with van der Waals surface area (Å²) in [6.07, 6.45) is 0. The van der Waals surface area contributed by atoms with Crippen LogP contribution in [0, 0.1) is 0 Å². The van der Waals surface area contributed by atoms with Gasteiger partial charge in [-0.3, -0.25) is 9.63 Å². The van der Waals surface area contributed by atoms with Crippen molar-refractivity contribution in [3.05, 3.63) is 63.6 Å². The molecule has 2 aromatic rings. The van der Waals surface area contributed by atoms with E-state index in [1.807, 2.05) is 0 Å². The van der Waals surface area contributed by atoms with Gasteiger partial charge in [-0.15, -0.1) is 0 Å². The Labute approximate surface area is 162 Å². The zero-order valence-electron chi connectivity index (χ0n) is 14.4. The summed E-state index contributed by atoms with van der Waals surface area (Å²) in [5.41, 5.74) is 0.903. The minimum Gasteiger partial charge on any atom is -0.345 e. The lowest BCUT2D eigenvalue weighted by molar-refractivity contribution is -0.0258. The molecule has 0 aliphatic rings. The molecule has 0 saturated carbocycles. The maximum Gasteiger partial charge on any atom is 0.264 e. The number of hydroxylamine groups is 1. The van der Waals surface area contributed by atoms with E-state index in [4.69, 9.17) is 28.0 Å². The molecule has 1 amide bonds. The number of benzene rings is 2. The molecular weight excluding hydrogens is 399 g/mol. The van der Waals surface area contributed by atoms with Crippen molar-refractivity contribution >= 4 is 39.1 Å². The van der Waals surface area contributed by atoms with Crippen LogP contribution in [0.1, 0.15) is 28.9 Å². The summed E-state index contributed by atoms with van der Waals surface area (Å²) in [6, 6.07) is 10.3. The van der Waals surface area contributed by atoms with Gasteiger partial charge in [-0.2, -0.15) is 0 Å². The van der Waals surface area contributed by atoms with Gasteiger partial charge < -0.3 is 5.32 Å². The number of amides is 1. The van der Waals surface area contributed by atoms with Crippen LogP contribution in [-0.2, 0) is 14.9 Å². The number of rotatable bonds is 6. The minimum absolute atomic E-state index is 0.0494. The highest BCUT2D eigenvalue weighted by atomic mass is 35.5. The van der Waals surface area contributed by atoms with Crippen molar-refractivity contribution in [3.63, 3.8) is 0 Å². The zero-order valence-corrected chi connectivity index (χ0v) is 16.7. The Balaban J connectivity index is 2.24. The van der Waals surface area contributed by atoms with Crippen molar-refractivity contribution in [1.29, 1.82) is 0 Å². The monoisotopic (exact) mass is 416 g/mol. The van der Waals surface area contributed by atoms with Gasteiger partial charge in [0.2, 0.25) is 0 Å². The Bertz CT molecular complexity index is 919. The minimum atomic E-state index is -3.84. The van der Waals surface area contributed by atoms with Crippen molar-refractivity contribution in [1.82, 2.24) is 9.79 Å². The highest BCUT2D eigenvalue weighted by molar-refractivity contribution is 7.89. The molecule has 0 aliphatic heterocycles. The largest absolute Gasteiger partial charge is 0.345 e. The summed E-state index contributed by atoms with van der Waals surface area (Å²) in [7, 11) is -1.33. The average Bonchev–Trinajstić information content (AvgIpc) is 2.60. The number of carbonyl (C=O) groups is 1. The predicted octanol–water partition coefficient (Wildman–Crippen LogP) is 3.67. The standard InChI is InChI=1S/C17H18Cl2N2O4S/c1-11(15-8-7-13(18)10-16(15)19)20-17(22)12-5-4-6-14(9-12)26(23,24)21(2)25-3/h4-11H,1-3H3,(H,20,22)/t11-/m1/s1. The first kappa shape index (κ1) is 20.7. The second-order valence-electron chi connectivity index (χ2n) is 5.49. The normalized spacial score (nSPS) is 12.8. The van der Waals surface area contributed by atoms with Crippen molar-refractivity contribution in [2.75, 3.05) is 14.2 Å². The lowest BCUT2D eigenvalue weighted by Crippen LogP contribution is -2.28. The first-order valence-corrected chi connectivity index (χ1v) is 9.75. The van der Waals surface area contributed by atoms with E-state index < -0.39 is 22.0 Å². The second kappa shape index (κ2) is 8.37. The van der Waals surface area contributed by atoms with Gasteiger partial charge in [-0.25, -0.2) is 8.42 Å². The molecule has 2 aromatic carbocycles. The van der Waals surface area contributed by atoms with Crippen molar-refractivity contribution in [3.8, 4) is 0 Å². The smallest absolute Gasteiger partial charge is 0.264 e. The van der Waals surface area contributed by atoms with Crippen LogP contribution in [-0.4, -0.2) is 33.0 Å². The molecule has 140 valence electrons. The lowest BCUT2D eigenvalue weighted by Gasteiger charge is -2.17. The molecule has 0 heterocycles. The van der Waals surface area contributed by atoms with Gasteiger partial charge in [0, 0.05) is 22.7 Å². The number of nitrogens with one attached hydrogen (secondary N) is 1. The Kier molecular flexibility index (Phi) is 6.65. The average molecular weight is 417 g/mol. The van der Waals surface area contributed by atoms with E-state index in [0.29, 0.717) is 15.6 Å². The Morgan fingerprint density at radius 3 is 2.50 bits per heavy atom. The Morgan fingerprint density at radius 2 is 1.88 bits per heavy atom. The van der Waals surface area contributed by atoms with Crippen molar-refractivity contribution < 1.29 is 18.0 Å². The fourth-order valence-electron chi connectivity index (χ4n) is 2.25. The summed E-state index contributed by atoms with van der Waals surface area (Å²) < 4.78 is 25.3. The topological polar surface area (TPSA) is 75.7 Å². The van der Waals surface area contributed by atoms with Gasteiger partial charge in [0.15, 0.2) is 0 Å². The SMILES string of the molecule is CON(C)S(=O)(=O)c1cccc(C(=O)N[C@H](C)c2ccc(Cl)cc2Cl)c1. The molecule has 0 aliphatic carbocycles. The number of carbonyl (C=O) groups excluding carboxylic acids is 1. The third kappa shape index (κ3) is 4.55. The molecule has 0 aromatic heterocycles. The van der Waals surface area contributed by atoms with Gasteiger partial charge in [0.25, 0.3) is 15.9 Å². The quantitative estimate of drug-likeness (QED) is 0.728. The maximum absolute atomic E-state index is 12.5. The van der Waals surface area contributed by atoms with E-state index in [1.54, 1.807) is 25.1 Å². The highest BCUT2D eigenvalue weighted by Crippen LogP contribution is 2.26. The van der Waals surface area contributed by atoms with E-state index in [2.05, 4.69) is 5.32 Å².